The zero-order valence-electron chi connectivity index (χ0n) is 10.6. The number of rotatable bonds is 4. The molecule has 1 aliphatic rings. The number of hydrogen-bond acceptors (Lipinski definition) is 3. The Labute approximate surface area is 109 Å². The highest BCUT2D eigenvalue weighted by atomic mass is 32.2. The molecule has 0 spiro atoms. The van der Waals surface area contributed by atoms with E-state index in [1.807, 2.05) is 0 Å². The standard InChI is InChI=1S/C14H22N2S/c1-17-14-6-4-12(5-7-14)10-16-8-2-3-13(9-15)11-16/h4-7,13H,2-3,8-11,15H2,1H3/t13-/m0/s1. The highest BCUT2D eigenvalue weighted by molar-refractivity contribution is 7.98. The third-order valence-electron chi connectivity index (χ3n) is 3.50. The first-order chi connectivity index (χ1) is 8.31. The molecule has 1 aliphatic heterocycles. The van der Waals surface area contributed by atoms with Crippen molar-refractivity contribution in [3.63, 3.8) is 0 Å². The van der Waals surface area contributed by atoms with Crippen molar-refractivity contribution in [3.05, 3.63) is 29.8 Å². The molecule has 0 bridgehead atoms. The summed E-state index contributed by atoms with van der Waals surface area (Å²) in [4.78, 5) is 3.88. The zero-order valence-corrected chi connectivity index (χ0v) is 11.4. The van der Waals surface area contributed by atoms with Gasteiger partial charge in [0.15, 0.2) is 0 Å². The molecule has 1 aromatic carbocycles. The highest BCUT2D eigenvalue weighted by Crippen LogP contribution is 2.19. The predicted molar refractivity (Wildman–Crippen MR) is 75.3 cm³/mol. The molecule has 3 heteroatoms. The van der Waals surface area contributed by atoms with Gasteiger partial charge in [0, 0.05) is 18.0 Å². The molecule has 2 nitrogen and oxygen atoms in total. The highest BCUT2D eigenvalue weighted by Gasteiger charge is 2.18. The summed E-state index contributed by atoms with van der Waals surface area (Å²) in [7, 11) is 0. The Morgan fingerprint density at radius 1 is 1.35 bits per heavy atom. The number of nitrogens with two attached hydrogens (primary N) is 1. The van der Waals surface area contributed by atoms with E-state index < -0.39 is 0 Å². The van der Waals surface area contributed by atoms with Gasteiger partial charge in [-0.1, -0.05) is 12.1 Å². The van der Waals surface area contributed by atoms with Crippen molar-refractivity contribution in [2.24, 2.45) is 11.7 Å². The molecule has 1 atom stereocenters. The van der Waals surface area contributed by atoms with Gasteiger partial charge in [-0.15, -0.1) is 11.8 Å². The molecule has 94 valence electrons. The Morgan fingerprint density at radius 3 is 2.76 bits per heavy atom. The van der Waals surface area contributed by atoms with Crippen molar-refractivity contribution in [2.75, 3.05) is 25.9 Å². The maximum absolute atomic E-state index is 5.77. The second-order valence-corrected chi connectivity index (χ2v) is 5.71. The molecule has 0 aromatic heterocycles. The van der Waals surface area contributed by atoms with E-state index in [1.165, 1.54) is 36.4 Å². The van der Waals surface area contributed by atoms with Crippen molar-refractivity contribution in [1.82, 2.24) is 4.90 Å². The van der Waals surface area contributed by atoms with Crippen LogP contribution in [0.2, 0.25) is 0 Å². The van der Waals surface area contributed by atoms with Gasteiger partial charge in [0.1, 0.15) is 0 Å². The van der Waals surface area contributed by atoms with Gasteiger partial charge >= 0.3 is 0 Å². The van der Waals surface area contributed by atoms with Crippen molar-refractivity contribution in [3.8, 4) is 0 Å². The van der Waals surface area contributed by atoms with E-state index in [0.29, 0.717) is 5.92 Å². The second-order valence-electron chi connectivity index (χ2n) is 4.83. The Bertz CT molecular complexity index is 337. The van der Waals surface area contributed by atoms with Crippen LogP contribution in [0.3, 0.4) is 0 Å². The first kappa shape index (κ1) is 12.9. The summed E-state index contributed by atoms with van der Waals surface area (Å²) in [6.45, 7) is 4.30. The third kappa shape index (κ3) is 3.73. The van der Waals surface area contributed by atoms with Crippen LogP contribution in [-0.2, 0) is 6.54 Å². The van der Waals surface area contributed by atoms with Crippen LogP contribution >= 0.6 is 11.8 Å². The van der Waals surface area contributed by atoms with Crippen LogP contribution in [0.1, 0.15) is 18.4 Å². The summed E-state index contributed by atoms with van der Waals surface area (Å²) in [5, 5.41) is 0. The number of benzene rings is 1. The predicted octanol–water partition coefficient (Wildman–Crippen LogP) is 2.58. The molecule has 0 unspecified atom stereocenters. The van der Waals surface area contributed by atoms with Crippen LogP contribution < -0.4 is 5.73 Å². The molecule has 0 amide bonds. The fourth-order valence-electron chi connectivity index (χ4n) is 2.48. The van der Waals surface area contributed by atoms with E-state index in [9.17, 15) is 0 Å². The van der Waals surface area contributed by atoms with Crippen molar-refractivity contribution < 1.29 is 0 Å². The van der Waals surface area contributed by atoms with Gasteiger partial charge in [-0.2, -0.15) is 0 Å². The lowest BCUT2D eigenvalue weighted by molar-refractivity contribution is 0.171. The fourth-order valence-corrected chi connectivity index (χ4v) is 2.88. The average molecular weight is 250 g/mol. The van der Waals surface area contributed by atoms with Crippen molar-refractivity contribution in [2.45, 2.75) is 24.3 Å². The summed E-state index contributed by atoms with van der Waals surface area (Å²) in [5.41, 5.74) is 7.18. The van der Waals surface area contributed by atoms with Gasteiger partial charge in [0.2, 0.25) is 0 Å². The van der Waals surface area contributed by atoms with Gasteiger partial charge < -0.3 is 5.73 Å². The van der Waals surface area contributed by atoms with E-state index in [0.717, 1.165) is 13.1 Å². The van der Waals surface area contributed by atoms with E-state index >= 15 is 0 Å². The first-order valence-electron chi connectivity index (χ1n) is 6.37. The quantitative estimate of drug-likeness (QED) is 0.833. The van der Waals surface area contributed by atoms with Crippen LogP contribution in [0.25, 0.3) is 0 Å². The molecule has 2 N–H and O–H groups in total. The molecule has 0 radical (unpaired) electrons. The number of piperidine rings is 1. The number of hydrogen-bond donors (Lipinski definition) is 1. The van der Waals surface area contributed by atoms with E-state index in [1.54, 1.807) is 11.8 Å². The summed E-state index contributed by atoms with van der Waals surface area (Å²) in [6, 6.07) is 8.92. The lowest BCUT2D eigenvalue weighted by Crippen LogP contribution is -2.37. The first-order valence-corrected chi connectivity index (χ1v) is 7.59. The molecule has 1 saturated heterocycles. The topological polar surface area (TPSA) is 29.3 Å². The van der Waals surface area contributed by atoms with Gasteiger partial charge in [-0.3, -0.25) is 4.90 Å². The molecule has 2 rings (SSSR count). The van der Waals surface area contributed by atoms with Crippen LogP contribution in [0.15, 0.2) is 29.2 Å². The summed E-state index contributed by atoms with van der Waals surface area (Å²) in [5.74, 6) is 0.703. The molecule has 0 saturated carbocycles. The lowest BCUT2D eigenvalue weighted by atomic mass is 9.98. The molecule has 17 heavy (non-hydrogen) atoms. The minimum atomic E-state index is 0.703. The SMILES string of the molecule is CSc1ccc(CN2CCC[C@@H](CN)C2)cc1. The average Bonchev–Trinajstić information content (AvgIpc) is 2.40. The normalized spacial score (nSPS) is 21.6. The van der Waals surface area contributed by atoms with Crippen molar-refractivity contribution in [1.29, 1.82) is 0 Å². The molecule has 1 heterocycles. The van der Waals surface area contributed by atoms with Gasteiger partial charge in [0.05, 0.1) is 0 Å². The Balaban J connectivity index is 1.90. The number of likely N-dealkylation sites (tertiary alicyclic amines) is 1. The smallest absolute Gasteiger partial charge is 0.0233 e. The minimum absolute atomic E-state index is 0.703. The summed E-state index contributed by atoms with van der Waals surface area (Å²) in [6.07, 6.45) is 4.72. The Hall–Kier alpha value is -0.510. The van der Waals surface area contributed by atoms with Crippen LogP contribution in [0, 0.1) is 5.92 Å². The molecule has 1 aromatic rings. The third-order valence-corrected chi connectivity index (χ3v) is 4.25. The molecule has 0 aliphatic carbocycles. The number of thioether (sulfide) groups is 1. The van der Waals surface area contributed by atoms with Gasteiger partial charge in [-0.25, -0.2) is 0 Å². The second kappa shape index (κ2) is 6.43. The van der Waals surface area contributed by atoms with Crippen LogP contribution in [0.5, 0.6) is 0 Å². The molecule has 1 fully saturated rings. The summed E-state index contributed by atoms with van der Waals surface area (Å²) < 4.78 is 0. The fraction of sp³-hybridized carbons (Fsp3) is 0.571. The maximum Gasteiger partial charge on any atom is 0.0233 e. The van der Waals surface area contributed by atoms with E-state index in [4.69, 9.17) is 5.73 Å². The lowest BCUT2D eigenvalue weighted by Gasteiger charge is -2.32. The van der Waals surface area contributed by atoms with Crippen LogP contribution in [-0.4, -0.2) is 30.8 Å². The summed E-state index contributed by atoms with van der Waals surface area (Å²) >= 11 is 1.80. The minimum Gasteiger partial charge on any atom is -0.330 e. The van der Waals surface area contributed by atoms with E-state index in [2.05, 4.69) is 35.4 Å². The van der Waals surface area contributed by atoms with Crippen LogP contribution in [0.4, 0.5) is 0 Å². The molecular formula is C14H22N2S. The van der Waals surface area contributed by atoms with E-state index in [-0.39, 0.29) is 0 Å². The Morgan fingerprint density at radius 2 is 2.12 bits per heavy atom. The molecular weight excluding hydrogens is 228 g/mol. The maximum atomic E-state index is 5.77. The largest absolute Gasteiger partial charge is 0.330 e. The van der Waals surface area contributed by atoms with Crippen molar-refractivity contribution >= 4 is 11.8 Å². The Kier molecular flexibility index (Phi) is 4.89. The number of nitrogens with zero attached hydrogens (tertiary/aromatic N) is 1. The van der Waals surface area contributed by atoms with Gasteiger partial charge in [-0.05, 0) is 55.8 Å². The van der Waals surface area contributed by atoms with Gasteiger partial charge in [0.25, 0.3) is 0 Å². The monoisotopic (exact) mass is 250 g/mol. The zero-order chi connectivity index (χ0) is 12.1.